The number of rotatable bonds is 4. The van der Waals surface area contributed by atoms with Crippen LogP contribution in [0.15, 0.2) is 51.8 Å². The van der Waals surface area contributed by atoms with E-state index < -0.39 is 16.0 Å². The molecule has 0 unspecified atom stereocenters. The topological polar surface area (TPSA) is 77.7 Å². The number of hydrogen-bond donors (Lipinski definition) is 0. The zero-order chi connectivity index (χ0) is 19.6. The molecule has 3 aromatic rings. The molecule has 0 bridgehead atoms. The van der Waals surface area contributed by atoms with Crippen LogP contribution in [0, 0.1) is 12.3 Å². The molecule has 0 saturated heterocycles. The van der Waals surface area contributed by atoms with E-state index in [1.807, 2.05) is 0 Å². The minimum atomic E-state index is -3.95. The molecule has 0 spiro atoms. The monoisotopic (exact) mass is 420 g/mol. The molecule has 0 atom stereocenters. The number of ether oxygens (including phenoxy) is 1. The number of esters is 1. The molecule has 0 fully saturated rings. The average molecular weight is 421 g/mol. The molecule has 0 N–H and O–H groups in total. The number of carbonyl (C=O) groups is 1. The Hall–Kier alpha value is -2.60. The van der Waals surface area contributed by atoms with Crippen LogP contribution in [0.3, 0.4) is 0 Å². The molecule has 1 heterocycles. The molecule has 9 heteroatoms. The third-order valence-corrected chi connectivity index (χ3v) is 6.35. The minimum absolute atomic E-state index is 0.0202. The van der Waals surface area contributed by atoms with Crippen molar-refractivity contribution in [3.8, 4) is 12.3 Å². The van der Waals surface area contributed by atoms with Crippen LogP contribution in [-0.4, -0.2) is 26.1 Å². The highest BCUT2D eigenvalue weighted by molar-refractivity contribution is 7.90. The van der Waals surface area contributed by atoms with E-state index in [1.54, 1.807) is 22.8 Å². The fraction of sp³-hybridized carbons (Fsp3) is 0.111. The van der Waals surface area contributed by atoms with E-state index in [4.69, 9.17) is 22.8 Å². The van der Waals surface area contributed by atoms with Gasteiger partial charge in [0, 0.05) is 5.02 Å². The first kappa shape index (κ1) is 19.2. The van der Waals surface area contributed by atoms with Crippen molar-refractivity contribution >= 4 is 49.1 Å². The Balaban J connectivity index is 2.21. The zero-order valence-corrected chi connectivity index (χ0v) is 16.4. The molecule has 6 nitrogen and oxygen atoms in total. The molecule has 0 saturated carbocycles. The van der Waals surface area contributed by atoms with Gasteiger partial charge < -0.3 is 9.30 Å². The summed E-state index contributed by atoms with van der Waals surface area (Å²) in [6.45, 7) is 0.131. The number of aromatic nitrogens is 1. The third-order valence-electron chi connectivity index (χ3n) is 3.66. The van der Waals surface area contributed by atoms with Crippen molar-refractivity contribution < 1.29 is 17.9 Å². The van der Waals surface area contributed by atoms with Crippen molar-refractivity contribution in [2.45, 2.75) is 11.4 Å². The first-order valence-corrected chi connectivity index (χ1v) is 10.2. The maximum atomic E-state index is 12.6. The first-order valence-electron chi connectivity index (χ1n) is 7.57. The van der Waals surface area contributed by atoms with Crippen molar-refractivity contribution in [1.82, 2.24) is 4.57 Å². The van der Waals surface area contributed by atoms with Gasteiger partial charge in [0.1, 0.15) is 0 Å². The van der Waals surface area contributed by atoms with Crippen LogP contribution in [0.25, 0.3) is 10.2 Å². The van der Waals surface area contributed by atoms with Gasteiger partial charge in [-0.2, -0.15) is 8.42 Å². The lowest BCUT2D eigenvalue weighted by molar-refractivity contribution is 0.0601. The molecule has 0 aliphatic rings. The zero-order valence-electron chi connectivity index (χ0n) is 14.0. The number of nitrogens with zero attached hydrogens (tertiary/aromatic N) is 2. The van der Waals surface area contributed by atoms with E-state index >= 15 is 0 Å². The van der Waals surface area contributed by atoms with Gasteiger partial charge in [-0.1, -0.05) is 28.9 Å². The minimum Gasteiger partial charge on any atom is -0.465 e. The standard InChI is InChI=1S/C18H13ClN2O4S2/c1-3-10-21-15-9-4-12(17(22)25-2)11-16(15)26-18(21)20-27(23,24)14-7-5-13(19)6-8-14/h1,4-9,11H,10H2,2H3/b20-18-. The number of hydrogen-bond acceptors (Lipinski definition) is 5. The maximum absolute atomic E-state index is 12.6. The van der Waals surface area contributed by atoms with Gasteiger partial charge in [0.25, 0.3) is 10.0 Å². The molecule has 3 rings (SSSR count). The highest BCUT2D eigenvalue weighted by Gasteiger charge is 2.16. The summed E-state index contributed by atoms with van der Waals surface area (Å²) in [5.41, 5.74) is 1.03. The van der Waals surface area contributed by atoms with Crippen LogP contribution in [0.5, 0.6) is 0 Å². The van der Waals surface area contributed by atoms with E-state index in [1.165, 1.54) is 31.4 Å². The highest BCUT2D eigenvalue weighted by Crippen LogP contribution is 2.21. The number of carbonyl (C=O) groups excluding carboxylic acids is 1. The second-order valence-corrected chi connectivity index (χ2v) is 8.42. The molecule has 1 aromatic heterocycles. The maximum Gasteiger partial charge on any atom is 0.337 e. The first-order chi connectivity index (χ1) is 12.9. The normalized spacial score (nSPS) is 12.1. The second kappa shape index (κ2) is 7.56. The number of benzene rings is 2. The van der Waals surface area contributed by atoms with E-state index in [9.17, 15) is 13.2 Å². The predicted octanol–water partition coefficient (Wildman–Crippen LogP) is 3.07. The summed E-state index contributed by atoms with van der Waals surface area (Å²) in [6.07, 6.45) is 5.42. The van der Waals surface area contributed by atoms with Crippen molar-refractivity contribution in [3.05, 3.63) is 57.9 Å². The Morgan fingerprint density at radius 1 is 1.30 bits per heavy atom. The Bertz CT molecular complexity index is 1230. The van der Waals surface area contributed by atoms with E-state index in [2.05, 4.69) is 10.3 Å². The largest absolute Gasteiger partial charge is 0.465 e. The van der Waals surface area contributed by atoms with Crippen molar-refractivity contribution in [3.63, 3.8) is 0 Å². The van der Waals surface area contributed by atoms with Crippen LogP contribution in [0.1, 0.15) is 10.4 Å². The van der Waals surface area contributed by atoms with Gasteiger partial charge in [0.15, 0.2) is 0 Å². The smallest absolute Gasteiger partial charge is 0.337 e. The number of halogens is 1. The van der Waals surface area contributed by atoms with Crippen LogP contribution >= 0.6 is 22.9 Å². The van der Waals surface area contributed by atoms with Gasteiger partial charge in [0.2, 0.25) is 4.80 Å². The van der Waals surface area contributed by atoms with Gasteiger partial charge in [-0.05, 0) is 42.5 Å². The second-order valence-electron chi connectivity index (χ2n) is 5.37. The van der Waals surface area contributed by atoms with Crippen LogP contribution in [0.4, 0.5) is 0 Å². The Kier molecular flexibility index (Phi) is 5.37. The number of methoxy groups -OCH3 is 1. The quantitative estimate of drug-likeness (QED) is 0.480. The summed E-state index contributed by atoms with van der Waals surface area (Å²) in [5.74, 6) is 2.00. The van der Waals surface area contributed by atoms with Gasteiger partial charge in [-0.15, -0.1) is 10.8 Å². The molecule has 27 heavy (non-hydrogen) atoms. The molecule has 0 aliphatic carbocycles. The van der Waals surface area contributed by atoms with E-state index in [0.29, 0.717) is 20.8 Å². The van der Waals surface area contributed by atoms with Crippen molar-refractivity contribution in [1.29, 1.82) is 0 Å². The number of terminal acetylenes is 1. The van der Waals surface area contributed by atoms with Gasteiger partial charge in [-0.3, -0.25) is 0 Å². The SMILES string of the molecule is C#CCn1/c(=N/S(=O)(=O)c2ccc(Cl)cc2)sc2cc(C(=O)OC)ccc21. The van der Waals surface area contributed by atoms with E-state index in [0.717, 1.165) is 11.3 Å². The summed E-state index contributed by atoms with van der Waals surface area (Å²) in [6, 6.07) is 10.6. The summed E-state index contributed by atoms with van der Waals surface area (Å²) in [7, 11) is -2.66. The summed E-state index contributed by atoms with van der Waals surface area (Å²) in [4.78, 5) is 12.0. The molecule has 0 aliphatic heterocycles. The molecule has 138 valence electrons. The lowest BCUT2D eigenvalue weighted by Gasteiger charge is -2.02. The fourth-order valence-corrected chi connectivity index (χ4v) is 4.79. The van der Waals surface area contributed by atoms with Crippen LogP contribution < -0.4 is 4.80 Å². The van der Waals surface area contributed by atoms with Crippen LogP contribution in [0.2, 0.25) is 5.02 Å². The Morgan fingerprint density at radius 2 is 2.00 bits per heavy atom. The highest BCUT2D eigenvalue weighted by atomic mass is 35.5. The Labute approximate surface area is 164 Å². The molecule has 0 amide bonds. The number of fused-ring (bicyclic) bond motifs is 1. The van der Waals surface area contributed by atoms with Gasteiger partial charge in [0.05, 0.1) is 34.3 Å². The Morgan fingerprint density at radius 3 is 2.63 bits per heavy atom. The fourth-order valence-electron chi connectivity index (χ4n) is 2.39. The van der Waals surface area contributed by atoms with Gasteiger partial charge in [-0.25, -0.2) is 4.79 Å². The van der Waals surface area contributed by atoms with Crippen molar-refractivity contribution in [2.75, 3.05) is 7.11 Å². The summed E-state index contributed by atoms with van der Waals surface area (Å²) in [5, 5.41) is 0.425. The number of thiazole rings is 1. The lowest BCUT2D eigenvalue weighted by atomic mass is 10.2. The molecular weight excluding hydrogens is 408 g/mol. The van der Waals surface area contributed by atoms with E-state index in [-0.39, 0.29) is 16.2 Å². The molecular formula is C18H13ClN2O4S2. The molecule has 0 radical (unpaired) electrons. The van der Waals surface area contributed by atoms with Gasteiger partial charge >= 0.3 is 5.97 Å². The molecule has 2 aromatic carbocycles. The number of sulfonamides is 1. The lowest BCUT2D eigenvalue weighted by Crippen LogP contribution is -2.16. The predicted molar refractivity (Wildman–Crippen MR) is 104 cm³/mol. The summed E-state index contributed by atoms with van der Waals surface area (Å²) >= 11 is 6.93. The third kappa shape index (κ3) is 3.90. The summed E-state index contributed by atoms with van der Waals surface area (Å²) < 4.78 is 36.2. The average Bonchev–Trinajstić information content (AvgIpc) is 2.97. The van der Waals surface area contributed by atoms with Crippen LogP contribution in [-0.2, 0) is 21.3 Å². The van der Waals surface area contributed by atoms with Crippen molar-refractivity contribution in [2.24, 2.45) is 4.40 Å².